The highest BCUT2D eigenvalue weighted by Crippen LogP contribution is 2.31. The van der Waals surface area contributed by atoms with E-state index in [1.165, 1.54) is 0 Å². The number of aromatic nitrogens is 2. The summed E-state index contributed by atoms with van der Waals surface area (Å²) >= 11 is 0. The van der Waals surface area contributed by atoms with Crippen LogP contribution < -0.4 is 14.8 Å². The highest BCUT2D eigenvalue weighted by Gasteiger charge is 2.25. The Morgan fingerprint density at radius 3 is 2.46 bits per heavy atom. The number of hydrogen-bond donors (Lipinski definition) is 1. The van der Waals surface area contributed by atoms with E-state index in [1.54, 1.807) is 33.3 Å². The van der Waals surface area contributed by atoms with Crippen molar-refractivity contribution < 1.29 is 18.8 Å². The number of rotatable bonds is 5. The van der Waals surface area contributed by atoms with E-state index in [4.69, 9.17) is 14.0 Å². The van der Waals surface area contributed by atoms with E-state index in [1.807, 2.05) is 26.8 Å². The summed E-state index contributed by atoms with van der Waals surface area (Å²) in [6, 6.07) is 4.98. The Hall–Kier alpha value is -2.57. The minimum absolute atomic E-state index is 0.0825. The van der Waals surface area contributed by atoms with Crippen molar-refractivity contribution in [3.8, 4) is 22.9 Å². The molecule has 0 saturated heterocycles. The van der Waals surface area contributed by atoms with Crippen LogP contribution in [0.15, 0.2) is 22.7 Å². The molecule has 0 aliphatic rings. The van der Waals surface area contributed by atoms with Crippen molar-refractivity contribution in [2.45, 2.75) is 33.7 Å². The van der Waals surface area contributed by atoms with Crippen molar-refractivity contribution in [2.24, 2.45) is 5.41 Å². The lowest BCUT2D eigenvalue weighted by molar-refractivity contribution is -0.129. The number of nitrogens with one attached hydrogen (secondary N) is 1. The first-order valence-corrected chi connectivity index (χ1v) is 7.63. The molecule has 0 fully saturated rings. The fourth-order valence-corrected chi connectivity index (χ4v) is 1.98. The summed E-state index contributed by atoms with van der Waals surface area (Å²) in [5.74, 6) is 1.88. The van der Waals surface area contributed by atoms with Crippen LogP contribution in [0.4, 0.5) is 0 Å². The molecule has 130 valence electrons. The smallest absolute Gasteiger partial charge is 0.249 e. The third-order valence-corrected chi connectivity index (χ3v) is 3.48. The van der Waals surface area contributed by atoms with Gasteiger partial charge in [-0.3, -0.25) is 4.79 Å². The number of carbonyl (C=O) groups is 1. The molecule has 2 aromatic rings. The van der Waals surface area contributed by atoms with Crippen LogP contribution in [-0.4, -0.2) is 30.3 Å². The molecular formula is C17H23N3O4. The Labute approximate surface area is 141 Å². The van der Waals surface area contributed by atoms with Gasteiger partial charge in [0, 0.05) is 11.0 Å². The summed E-state index contributed by atoms with van der Waals surface area (Å²) in [5.41, 5.74) is 0.248. The van der Waals surface area contributed by atoms with E-state index >= 15 is 0 Å². The molecule has 0 bridgehead atoms. The second-order valence-electron chi connectivity index (χ2n) is 6.47. The topological polar surface area (TPSA) is 86.5 Å². The minimum atomic E-state index is -0.486. The van der Waals surface area contributed by atoms with E-state index in [0.29, 0.717) is 23.2 Å². The highest BCUT2D eigenvalue weighted by atomic mass is 16.5. The van der Waals surface area contributed by atoms with Gasteiger partial charge >= 0.3 is 0 Å². The maximum atomic E-state index is 12.0. The van der Waals surface area contributed by atoms with Crippen molar-refractivity contribution in [3.05, 3.63) is 24.1 Å². The second-order valence-corrected chi connectivity index (χ2v) is 6.47. The van der Waals surface area contributed by atoms with Crippen LogP contribution in [0.25, 0.3) is 11.4 Å². The van der Waals surface area contributed by atoms with Gasteiger partial charge in [-0.05, 0) is 25.1 Å². The van der Waals surface area contributed by atoms with Crippen LogP contribution >= 0.6 is 0 Å². The molecule has 7 nitrogen and oxygen atoms in total. The van der Waals surface area contributed by atoms with Gasteiger partial charge < -0.3 is 19.3 Å². The first kappa shape index (κ1) is 17.8. The zero-order chi connectivity index (χ0) is 17.9. The van der Waals surface area contributed by atoms with E-state index < -0.39 is 5.41 Å². The zero-order valence-electron chi connectivity index (χ0n) is 14.8. The number of nitrogens with zero attached hydrogens (tertiary/aromatic N) is 2. The Kier molecular flexibility index (Phi) is 5.11. The van der Waals surface area contributed by atoms with Gasteiger partial charge in [0.1, 0.15) is 6.04 Å². The normalized spacial score (nSPS) is 12.6. The van der Waals surface area contributed by atoms with E-state index in [9.17, 15) is 4.79 Å². The SMILES string of the molecule is COc1ccc(-c2noc(C(C)NC(=O)C(C)(C)C)n2)cc1OC. The summed E-state index contributed by atoms with van der Waals surface area (Å²) in [7, 11) is 3.14. The average Bonchev–Trinajstić information content (AvgIpc) is 3.03. The molecule has 7 heteroatoms. The van der Waals surface area contributed by atoms with Crippen LogP contribution in [0.5, 0.6) is 11.5 Å². The molecule has 1 aromatic heterocycles. The number of ether oxygens (including phenoxy) is 2. The van der Waals surface area contributed by atoms with Crippen LogP contribution in [0.1, 0.15) is 39.6 Å². The van der Waals surface area contributed by atoms with Crippen LogP contribution in [0.3, 0.4) is 0 Å². The monoisotopic (exact) mass is 333 g/mol. The molecule has 0 aliphatic carbocycles. The molecule has 1 aromatic carbocycles. The maximum absolute atomic E-state index is 12.0. The molecule has 0 radical (unpaired) electrons. The molecule has 0 spiro atoms. The first-order valence-electron chi connectivity index (χ1n) is 7.63. The van der Waals surface area contributed by atoms with Crippen molar-refractivity contribution >= 4 is 5.91 Å². The largest absolute Gasteiger partial charge is 0.493 e. The minimum Gasteiger partial charge on any atom is -0.493 e. The third-order valence-electron chi connectivity index (χ3n) is 3.48. The molecule has 24 heavy (non-hydrogen) atoms. The van der Waals surface area contributed by atoms with Crippen LogP contribution in [0, 0.1) is 5.41 Å². The molecule has 2 rings (SSSR count). The Morgan fingerprint density at radius 1 is 1.21 bits per heavy atom. The Bertz CT molecular complexity index is 719. The van der Waals surface area contributed by atoms with Gasteiger partial charge in [0.25, 0.3) is 0 Å². The van der Waals surface area contributed by atoms with Gasteiger partial charge in [-0.2, -0.15) is 4.98 Å². The van der Waals surface area contributed by atoms with Gasteiger partial charge in [0.2, 0.25) is 17.6 Å². The van der Waals surface area contributed by atoms with E-state index in [-0.39, 0.29) is 11.9 Å². The molecule has 1 unspecified atom stereocenters. The molecule has 1 amide bonds. The maximum Gasteiger partial charge on any atom is 0.249 e. The molecule has 1 atom stereocenters. The lowest BCUT2D eigenvalue weighted by Gasteiger charge is -2.19. The predicted octanol–water partition coefficient (Wildman–Crippen LogP) is 2.98. The first-order chi connectivity index (χ1) is 11.3. The van der Waals surface area contributed by atoms with Gasteiger partial charge in [-0.15, -0.1) is 0 Å². The Balaban J connectivity index is 2.20. The fourth-order valence-electron chi connectivity index (χ4n) is 1.98. The lowest BCUT2D eigenvalue weighted by atomic mass is 9.95. The summed E-state index contributed by atoms with van der Waals surface area (Å²) in [6.45, 7) is 7.34. The highest BCUT2D eigenvalue weighted by molar-refractivity contribution is 5.81. The van der Waals surface area contributed by atoms with Crippen molar-refractivity contribution in [3.63, 3.8) is 0 Å². The van der Waals surface area contributed by atoms with Crippen LogP contribution in [0.2, 0.25) is 0 Å². The lowest BCUT2D eigenvalue weighted by Crippen LogP contribution is -2.36. The summed E-state index contributed by atoms with van der Waals surface area (Å²) in [6.07, 6.45) is 0. The quantitative estimate of drug-likeness (QED) is 0.905. The van der Waals surface area contributed by atoms with Crippen LogP contribution in [-0.2, 0) is 4.79 Å². The number of carbonyl (C=O) groups excluding carboxylic acids is 1. The number of amides is 1. The summed E-state index contributed by atoms with van der Waals surface area (Å²) < 4.78 is 15.8. The number of benzene rings is 1. The average molecular weight is 333 g/mol. The van der Waals surface area contributed by atoms with Crippen molar-refractivity contribution in [1.29, 1.82) is 0 Å². The fraction of sp³-hybridized carbons (Fsp3) is 0.471. The molecule has 0 aliphatic heterocycles. The summed E-state index contributed by atoms with van der Waals surface area (Å²) in [4.78, 5) is 16.4. The zero-order valence-corrected chi connectivity index (χ0v) is 14.8. The number of methoxy groups -OCH3 is 2. The third kappa shape index (κ3) is 3.84. The second kappa shape index (κ2) is 6.90. The Morgan fingerprint density at radius 2 is 1.88 bits per heavy atom. The predicted molar refractivity (Wildman–Crippen MR) is 88.9 cm³/mol. The van der Waals surface area contributed by atoms with E-state index in [0.717, 1.165) is 5.56 Å². The number of hydrogen-bond acceptors (Lipinski definition) is 6. The molecule has 0 saturated carbocycles. The van der Waals surface area contributed by atoms with Crippen molar-refractivity contribution in [2.75, 3.05) is 14.2 Å². The van der Waals surface area contributed by atoms with Gasteiger partial charge in [0.15, 0.2) is 11.5 Å². The van der Waals surface area contributed by atoms with Gasteiger partial charge in [-0.25, -0.2) is 0 Å². The molecule has 1 N–H and O–H groups in total. The molecule has 1 heterocycles. The van der Waals surface area contributed by atoms with Gasteiger partial charge in [0.05, 0.1) is 14.2 Å². The standard InChI is InChI=1S/C17H23N3O4/c1-10(18-16(21)17(2,3)4)15-19-14(20-24-15)11-7-8-12(22-5)13(9-11)23-6/h7-10H,1-6H3,(H,18,21). The summed E-state index contributed by atoms with van der Waals surface area (Å²) in [5, 5.41) is 6.84. The molecular weight excluding hydrogens is 310 g/mol. The van der Waals surface area contributed by atoms with E-state index in [2.05, 4.69) is 15.5 Å². The van der Waals surface area contributed by atoms with Gasteiger partial charge in [-0.1, -0.05) is 25.9 Å². The van der Waals surface area contributed by atoms with Crippen molar-refractivity contribution in [1.82, 2.24) is 15.5 Å².